The van der Waals surface area contributed by atoms with Crippen molar-refractivity contribution >= 4 is 0 Å². The van der Waals surface area contributed by atoms with Crippen molar-refractivity contribution in [3.63, 3.8) is 0 Å². The first-order valence-corrected chi connectivity index (χ1v) is 5.11. The third-order valence-corrected chi connectivity index (χ3v) is 0.743. The predicted octanol–water partition coefficient (Wildman–Crippen LogP) is 5.85. The topological polar surface area (TPSA) is 0 Å². The Morgan fingerprint density at radius 3 is 1.23 bits per heavy atom. The summed E-state index contributed by atoms with van der Waals surface area (Å²) in [6, 6.07) is 0. The molecular formula is C13H32. The normalized spacial score (nSPS) is 4.85. The molecule has 0 radical (unpaired) electrons. The lowest BCUT2D eigenvalue weighted by atomic mass is 10.2. The average Bonchev–Trinajstić information content (AvgIpc) is 2.25. The Bertz CT molecular complexity index is 60.4. The van der Waals surface area contributed by atoms with Crippen molar-refractivity contribution in [2.75, 3.05) is 0 Å². The highest BCUT2D eigenvalue weighted by atomic mass is 13.8. The van der Waals surface area contributed by atoms with Crippen molar-refractivity contribution in [1.29, 1.82) is 0 Å². The van der Waals surface area contributed by atoms with Crippen LogP contribution in [0.1, 0.15) is 62.3 Å². The van der Waals surface area contributed by atoms with Gasteiger partial charge in [0, 0.05) is 0 Å². The third-order valence-electron chi connectivity index (χ3n) is 0.743. The largest absolute Gasteiger partial charge is 0.0988 e. The minimum atomic E-state index is 0. The van der Waals surface area contributed by atoms with Gasteiger partial charge in [-0.15, -0.1) is 0 Å². The van der Waals surface area contributed by atoms with Gasteiger partial charge in [-0.05, 0) is 6.42 Å². The summed E-state index contributed by atoms with van der Waals surface area (Å²) in [6.07, 6.45) is 2.80. The molecule has 0 heterocycles. The first-order valence-electron chi connectivity index (χ1n) is 5.11. The number of hydrogen-bond acceptors (Lipinski definition) is 0. The van der Waals surface area contributed by atoms with E-state index < -0.39 is 0 Å². The molecule has 0 aliphatic carbocycles. The first-order chi connectivity index (χ1) is 5.81. The summed E-state index contributed by atoms with van der Waals surface area (Å²) in [5.74, 6) is 0. The lowest BCUT2D eigenvalue weighted by Crippen LogP contribution is -1.62. The predicted molar refractivity (Wildman–Crippen MR) is 70.4 cm³/mol. The Hall–Kier alpha value is -0.520. The van der Waals surface area contributed by atoms with Crippen molar-refractivity contribution < 1.29 is 0 Å². The summed E-state index contributed by atoms with van der Waals surface area (Å²) in [6.45, 7) is 21.3. The fourth-order valence-electron chi connectivity index (χ4n) is 0.144. The van der Waals surface area contributed by atoms with Crippen LogP contribution in [0.2, 0.25) is 0 Å². The first kappa shape index (κ1) is 29.4. The molecular weight excluding hydrogens is 156 g/mol. The van der Waals surface area contributed by atoms with Crippen LogP contribution in [-0.2, 0) is 0 Å². The highest BCUT2D eigenvalue weighted by Crippen LogP contribution is 1.93. The van der Waals surface area contributed by atoms with Crippen molar-refractivity contribution in [1.82, 2.24) is 0 Å². The van der Waals surface area contributed by atoms with Gasteiger partial charge in [0.2, 0.25) is 0 Å². The fraction of sp³-hybridized carbons (Fsp3) is 0.692. The van der Waals surface area contributed by atoms with Gasteiger partial charge in [-0.3, -0.25) is 0 Å². The molecule has 0 rings (SSSR count). The van der Waals surface area contributed by atoms with E-state index in [9.17, 15) is 0 Å². The molecule has 0 aliphatic rings. The molecule has 0 atom stereocenters. The second kappa shape index (κ2) is 62.8. The van der Waals surface area contributed by atoms with E-state index in [1.54, 1.807) is 6.08 Å². The van der Waals surface area contributed by atoms with Crippen LogP contribution in [0.5, 0.6) is 0 Å². The minimum Gasteiger partial charge on any atom is -0.0988 e. The van der Waals surface area contributed by atoms with E-state index in [0.717, 1.165) is 12.0 Å². The minimum absolute atomic E-state index is 0. The Labute approximate surface area is 87.8 Å². The average molecular weight is 188 g/mol. The maximum Gasteiger partial charge on any atom is -0.0314 e. The molecule has 13 heavy (non-hydrogen) atoms. The zero-order valence-corrected chi connectivity index (χ0v) is 10.2. The van der Waals surface area contributed by atoms with Gasteiger partial charge in [-0.25, -0.2) is 0 Å². The molecule has 0 aliphatic heterocycles. The van der Waals surface area contributed by atoms with E-state index in [-0.39, 0.29) is 7.43 Å². The van der Waals surface area contributed by atoms with Gasteiger partial charge in [0.05, 0.1) is 0 Å². The molecule has 0 saturated heterocycles. The van der Waals surface area contributed by atoms with Crippen molar-refractivity contribution in [3.05, 3.63) is 24.8 Å². The zero-order valence-electron chi connectivity index (χ0n) is 10.2. The molecule has 0 bridgehead atoms. The van der Waals surface area contributed by atoms with Crippen LogP contribution in [0.4, 0.5) is 0 Å². The Kier molecular flexibility index (Phi) is 142. The molecule has 0 aromatic carbocycles. The number of rotatable bonds is 2. The number of hydrogen-bond donors (Lipinski definition) is 0. The van der Waals surface area contributed by atoms with Crippen molar-refractivity contribution in [3.8, 4) is 0 Å². The quantitative estimate of drug-likeness (QED) is 0.477. The molecule has 0 unspecified atom stereocenters. The molecule has 0 amide bonds. The second-order valence-electron chi connectivity index (χ2n) is 1.22. The van der Waals surface area contributed by atoms with Crippen LogP contribution < -0.4 is 0 Å². The molecule has 0 N–H and O–H groups in total. The summed E-state index contributed by atoms with van der Waals surface area (Å²) in [5, 5.41) is 0. The maximum atomic E-state index is 3.67. The maximum absolute atomic E-state index is 3.67. The van der Waals surface area contributed by atoms with Gasteiger partial charge >= 0.3 is 0 Å². The van der Waals surface area contributed by atoms with Gasteiger partial charge in [-0.2, -0.15) is 0 Å². The van der Waals surface area contributed by atoms with Crippen LogP contribution in [0.15, 0.2) is 24.8 Å². The van der Waals surface area contributed by atoms with Crippen molar-refractivity contribution in [2.24, 2.45) is 0 Å². The lowest BCUT2D eigenvalue weighted by Gasteiger charge is -1.83. The third kappa shape index (κ3) is 85.2. The molecule has 84 valence electrons. The summed E-state index contributed by atoms with van der Waals surface area (Å²) in [7, 11) is 0. The number of allylic oxidation sites excluding steroid dienone is 2. The van der Waals surface area contributed by atoms with Gasteiger partial charge in [0.25, 0.3) is 0 Å². The molecule has 0 spiro atoms. The fourth-order valence-corrected chi connectivity index (χ4v) is 0.144. The molecule has 0 saturated carbocycles. The van der Waals surface area contributed by atoms with Crippen molar-refractivity contribution in [2.45, 2.75) is 62.3 Å². The zero-order chi connectivity index (χ0) is 11.0. The van der Waals surface area contributed by atoms with Crippen LogP contribution in [-0.4, -0.2) is 0 Å². The van der Waals surface area contributed by atoms with E-state index in [1.807, 2.05) is 41.5 Å². The van der Waals surface area contributed by atoms with E-state index in [2.05, 4.69) is 20.1 Å². The SMILES string of the molecule is C.C=CC(=C)CC.CC.CC.CC. The molecule has 0 fully saturated rings. The smallest absolute Gasteiger partial charge is 0.0314 e. The molecule has 0 aromatic rings. The summed E-state index contributed by atoms with van der Waals surface area (Å²) >= 11 is 0. The van der Waals surface area contributed by atoms with Crippen LogP contribution in [0, 0.1) is 0 Å². The van der Waals surface area contributed by atoms with Crippen LogP contribution in [0.25, 0.3) is 0 Å². The van der Waals surface area contributed by atoms with E-state index in [0.29, 0.717) is 0 Å². The summed E-state index contributed by atoms with van der Waals surface area (Å²) in [5.41, 5.74) is 1.11. The standard InChI is InChI=1S/C6H10.3C2H6.CH4/c1-4-6(3)5-2;3*1-2;/h4H,1,3,5H2,2H3;3*1-2H3;1H4. The highest BCUT2D eigenvalue weighted by Gasteiger charge is 1.72. The molecule has 0 heteroatoms. The van der Waals surface area contributed by atoms with Gasteiger partial charge < -0.3 is 0 Å². The lowest BCUT2D eigenvalue weighted by molar-refractivity contribution is 1.16. The van der Waals surface area contributed by atoms with E-state index in [1.165, 1.54) is 0 Å². The van der Waals surface area contributed by atoms with Crippen LogP contribution >= 0.6 is 0 Å². The Morgan fingerprint density at radius 1 is 1.00 bits per heavy atom. The van der Waals surface area contributed by atoms with E-state index in [4.69, 9.17) is 0 Å². The Balaban J connectivity index is -0.0000000263. The van der Waals surface area contributed by atoms with Gasteiger partial charge in [0.15, 0.2) is 0 Å². The second-order valence-corrected chi connectivity index (χ2v) is 1.22. The monoisotopic (exact) mass is 188 g/mol. The molecule has 0 aromatic heterocycles. The van der Waals surface area contributed by atoms with Gasteiger partial charge in [-0.1, -0.05) is 80.7 Å². The van der Waals surface area contributed by atoms with E-state index >= 15 is 0 Å². The van der Waals surface area contributed by atoms with Gasteiger partial charge in [0.1, 0.15) is 0 Å². The summed E-state index contributed by atoms with van der Waals surface area (Å²) < 4.78 is 0. The Morgan fingerprint density at radius 2 is 1.23 bits per heavy atom. The summed E-state index contributed by atoms with van der Waals surface area (Å²) in [4.78, 5) is 0. The molecule has 0 nitrogen and oxygen atoms in total. The highest BCUT2D eigenvalue weighted by molar-refractivity contribution is 5.09. The van der Waals surface area contributed by atoms with Crippen LogP contribution in [0.3, 0.4) is 0 Å².